The highest BCUT2D eigenvalue weighted by atomic mass is 28.3. The molecule has 0 N–H and O–H groups in total. The van der Waals surface area contributed by atoms with Gasteiger partial charge in [0.1, 0.15) is 11.5 Å². The van der Waals surface area contributed by atoms with Crippen molar-refractivity contribution in [1.82, 2.24) is 0 Å². The summed E-state index contributed by atoms with van der Waals surface area (Å²) in [4.78, 5) is 12.7. The van der Waals surface area contributed by atoms with Crippen molar-refractivity contribution in [3.63, 3.8) is 0 Å². The van der Waals surface area contributed by atoms with Gasteiger partial charge < -0.3 is 9.16 Å². The van der Waals surface area contributed by atoms with Gasteiger partial charge in [0.25, 0.3) is 0 Å². The summed E-state index contributed by atoms with van der Waals surface area (Å²) in [5.41, 5.74) is 3.78. The smallest absolute Gasteiger partial charge is 0.314 e. The number of rotatable bonds is 6. The minimum atomic E-state index is -1.26. The molecule has 0 amide bonds. The number of hydrogen-bond donors (Lipinski definition) is 0. The van der Waals surface area contributed by atoms with Gasteiger partial charge in [-0.15, -0.1) is 0 Å². The summed E-state index contributed by atoms with van der Waals surface area (Å²) < 4.78 is 12.6. The van der Waals surface area contributed by atoms with Crippen molar-refractivity contribution in [2.24, 2.45) is 5.92 Å². The molecule has 1 aromatic carbocycles. The van der Waals surface area contributed by atoms with E-state index < -0.39 is 9.04 Å². The third-order valence-electron chi connectivity index (χ3n) is 6.16. The molecule has 156 valence electrons. The standard InChI is InChI=1S/C24H38O3Si/c1-7-8-9-12-16-15-19-20(17-13-10-11-14-18(17)23(25)26-19)21(24(2,3)4)22(16)27-28(5)6/h15,17-18,28H,7-14H2,1-6H3/t17-,18+/m0/s1. The topological polar surface area (TPSA) is 35.5 Å². The molecule has 1 heterocycles. The third-order valence-corrected chi connectivity index (χ3v) is 6.87. The fourth-order valence-electron chi connectivity index (χ4n) is 4.97. The Labute approximate surface area is 172 Å². The number of hydrogen-bond acceptors (Lipinski definition) is 3. The van der Waals surface area contributed by atoms with Gasteiger partial charge in [-0.3, -0.25) is 4.79 Å². The lowest BCUT2D eigenvalue weighted by Crippen LogP contribution is -2.36. The average molecular weight is 403 g/mol. The molecule has 0 bridgehead atoms. The number of unbranched alkanes of at least 4 members (excludes halogenated alkanes) is 2. The van der Waals surface area contributed by atoms with E-state index in [1.165, 1.54) is 36.0 Å². The van der Waals surface area contributed by atoms with Gasteiger partial charge in [-0.1, -0.05) is 53.4 Å². The molecule has 1 saturated carbocycles. The molecule has 0 unspecified atom stereocenters. The molecule has 1 fully saturated rings. The van der Waals surface area contributed by atoms with Gasteiger partial charge in [0.15, 0.2) is 0 Å². The predicted octanol–water partition coefficient (Wildman–Crippen LogP) is 6.27. The number of carbonyl (C=O) groups is 1. The van der Waals surface area contributed by atoms with Crippen molar-refractivity contribution in [2.75, 3.05) is 0 Å². The van der Waals surface area contributed by atoms with Crippen LogP contribution in [0.1, 0.15) is 95.2 Å². The van der Waals surface area contributed by atoms with Crippen LogP contribution in [-0.4, -0.2) is 15.0 Å². The summed E-state index contributed by atoms with van der Waals surface area (Å²) in [7, 11) is -1.26. The Morgan fingerprint density at radius 1 is 1.14 bits per heavy atom. The summed E-state index contributed by atoms with van der Waals surface area (Å²) in [6.45, 7) is 13.6. The second kappa shape index (κ2) is 8.60. The van der Waals surface area contributed by atoms with Crippen LogP contribution < -0.4 is 9.16 Å². The predicted molar refractivity (Wildman–Crippen MR) is 118 cm³/mol. The average Bonchev–Trinajstić information content (AvgIpc) is 2.61. The first-order valence-corrected chi connectivity index (χ1v) is 14.1. The van der Waals surface area contributed by atoms with E-state index in [-0.39, 0.29) is 17.3 Å². The van der Waals surface area contributed by atoms with Crippen LogP contribution in [0.3, 0.4) is 0 Å². The van der Waals surface area contributed by atoms with Crippen LogP contribution in [0.25, 0.3) is 0 Å². The van der Waals surface area contributed by atoms with E-state index in [0.717, 1.165) is 43.6 Å². The first kappa shape index (κ1) is 21.4. The fraction of sp³-hybridized carbons (Fsp3) is 0.708. The SMILES string of the molecule is CCCCCc1cc2c(c(C(C)(C)C)c1O[SiH](C)C)[C@H]1CCCC[C@H]1C(=O)O2. The minimum Gasteiger partial charge on any atom is -0.547 e. The van der Waals surface area contributed by atoms with Crippen molar-refractivity contribution < 1.29 is 14.0 Å². The first-order valence-electron chi connectivity index (χ1n) is 11.3. The maximum absolute atomic E-state index is 12.7. The van der Waals surface area contributed by atoms with Crippen LogP contribution in [-0.2, 0) is 16.6 Å². The zero-order chi connectivity index (χ0) is 20.5. The molecule has 1 aliphatic carbocycles. The highest BCUT2D eigenvalue weighted by Crippen LogP contribution is 2.53. The Morgan fingerprint density at radius 3 is 2.43 bits per heavy atom. The Balaban J connectivity index is 2.20. The first-order chi connectivity index (χ1) is 13.2. The lowest BCUT2D eigenvalue weighted by molar-refractivity contribution is -0.142. The van der Waals surface area contributed by atoms with E-state index in [2.05, 4.69) is 46.9 Å². The van der Waals surface area contributed by atoms with Crippen molar-refractivity contribution in [2.45, 2.75) is 103 Å². The summed E-state index contributed by atoms with van der Waals surface area (Å²) in [6, 6.07) is 2.15. The second-order valence-corrected chi connectivity index (χ2v) is 12.3. The van der Waals surface area contributed by atoms with Crippen molar-refractivity contribution in [3.8, 4) is 11.5 Å². The molecule has 1 aromatic rings. The van der Waals surface area contributed by atoms with Gasteiger partial charge in [-0.25, -0.2) is 0 Å². The quantitative estimate of drug-likeness (QED) is 0.243. The Hall–Kier alpha value is -1.29. The molecule has 0 saturated heterocycles. The normalized spacial score (nSPS) is 21.9. The van der Waals surface area contributed by atoms with Crippen molar-refractivity contribution >= 4 is 15.0 Å². The van der Waals surface area contributed by atoms with Crippen LogP contribution in [0.15, 0.2) is 6.07 Å². The molecule has 1 aliphatic heterocycles. The van der Waals surface area contributed by atoms with E-state index >= 15 is 0 Å². The molecular formula is C24H38O3Si. The van der Waals surface area contributed by atoms with Crippen molar-refractivity contribution in [1.29, 1.82) is 0 Å². The maximum atomic E-state index is 12.7. The molecule has 0 spiro atoms. The Kier molecular flexibility index (Phi) is 6.58. The fourth-order valence-corrected chi connectivity index (χ4v) is 5.71. The molecule has 2 atom stereocenters. The van der Waals surface area contributed by atoms with E-state index in [1.807, 2.05) is 0 Å². The molecule has 0 aromatic heterocycles. The maximum Gasteiger partial charge on any atom is 0.314 e. The Bertz CT molecular complexity index is 718. The second-order valence-electron chi connectivity index (χ2n) is 9.94. The van der Waals surface area contributed by atoms with Gasteiger partial charge in [0.2, 0.25) is 9.04 Å². The van der Waals surface area contributed by atoms with Crippen LogP contribution in [0.2, 0.25) is 13.1 Å². The van der Waals surface area contributed by atoms with E-state index in [4.69, 9.17) is 9.16 Å². The number of aryl methyl sites for hydroxylation is 1. The highest BCUT2D eigenvalue weighted by molar-refractivity contribution is 6.49. The molecule has 2 aliphatic rings. The molecule has 0 radical (unpaired) electrons. The third kappa shape index (κ3) is 4.32. The number of benzene rings is 1. The molecular weight excluding hydrogens is 364 g/mol. The van der Waals surface area contributed by atoms with Crippen LogP contribution in [0.4, 0.5) is 0 Å². The molecule has 4 heteroatoms. The molecule has 3 nitrogen and oxygen atoms in total. The largest absolute Gasteiger partial charge is 0.547 e. The molecule has 3 rings (SSSR count). The number of fused-ring (bicyclic) bond motifs is 3. The van der Waals surface area contributed by atoms with Gasteiger partial charge >= 0.3 is 5.97 Å². The van der Waals surface area contributed by atoms with Gasteiger partial charge in [0.05, 0.1) is 5.92 Å². The minimum absolute atomic E-state index is 0.0107. The van der Waals surface area contributed by atoms with Gasteiger partial charge in [0, 0.05) is 17.0 Å². The van der Waals surface area contributed by atoms with E-state index in [0.29, 0.717) is 5.92 Å². The number of esters is 1. The monoisotopic (exact) mass is 402 g/mol. The summed E-state index contributed by atoms with van der Waals surface area (Å²) in [5.74, 6) is 2.25. The zero-order valence-corrected chi connectivity index (χ0v) is 19.8. The lowest BCUT2D eigenvalue weighted by Gasteiger charge is -2.40. The van der Waals surface area contributed by atoms with Crippen LogP contribution >= 0.6 is 0 Å². The number of ether oxygens (including phenoxy) is 1. The zero-order valence-electron chi connectivity index (χ0n) is 18.7. The summed E-state index contributed by atoms with van der Waals surface area (Å²) >= 11 is 0. The van der Waals surface area contributed by atoms with Gasteiger partial charge in [-0.05, 0) is 55.8 Å². The van der Waals surface area contributed by atoms with E-state index in [9.17, 15) is 4.79 Å². The number of carbonyl (C=O) groups excluding carboxylic acids is 1. The van der Waals surface area contributed by atoms with Crippen LogP contribution in [0.5, 0.6) is 11.5 Å². The lowest BCUT2D eigenvalue weighted by atomic mass is 9.68. The summed E-state index contributed by atoms with van der Waals surface area (Å²) in [5, 5.41) is 0. The Morgan fingerprint density at radius 2 is 1.82 bits per heavy atom. The molecule has 28 heavy (non-hydrogen) atoms. The van der Waals surface area contributed by atoms with Crippen LogP contribution in [0, 0.1) is 5.92 Å². The summed E-state index contributed by atoms with van der Waals surface area (Å²) in [6.07, 6.45) is 8.93. The van der Waals surface area contributed by atoms with Gasteiger partial charge in [-0.2, -0.15) is 0 Å². The highest BCUT2D eigenvalue weighted by Gasteiger charge is 2.43. The van der Waals surface area contributed by atoms with Crippen molar-refractivity contribution in [3.05, 3.63) is 22.8 Å². The van der Waals surface area contributed by atoms with E-state index in [1.54, 1.807) is 0 Å².